The summed E-state index contributed by atoms with van der Waals surface area (Å²) in [6.07, 6.45) is 0. The molecule has 0 unspecified atom stereocenters. The molecule has 13 rings (SSSR count). The van der Waals surface area contributed by atoms with E-state index in [1.807, 2.05) is 0 Å². The number of hydrogen-bond donors (Lipinski definition) is 0. The smallest absolute Gasteiger partial charge is 0.00199 e. The zero-order chi connectivity index (χ0) is 39.6. The van der Waals surface area contributed by atoms with Gasteiger partial charge < -0.3 is 0 Å². The monoisotopic (exact) mass is 758 g/mol. The van der Waals surface area contributed by atoms with Crippen LogP contribution in [0.5, 0.6) is 0 Å². The van der Waals surface area contributed by atoms with Crippen molar-refractivity contribution < 1.29 is 0 Å². The van der Waals surface area contributed by atoms with Crippen LogP contribution < -0.4 is 0 Å². The van der Waals surface area contributed by atoms with Gasteiger partial charge in [-0.2, -0.15) is 0 Å². The molecule has 0 heterocycles. The number of aryl methyl sites for hydroxylation is 2. The van der Waals surface area contributed by atoms with Crippen LogP contribution in [0.25, 0.3) is 131 Å². The van der Waals surface area contributed by atoms with E-state index in [1.165, 1.54) is 142 Å². The van der Waals surface area contributed by atoms with Crippen LogP contribution in [0.1, 0.15) is 11.1 Å². The standard InChI is InChI=1S/C60H38/c1-35-15-11-16-36(2)57(35)56-33-51-46-28-13-25-43-41-21-9-10-22-42(41)55(60(43)46)34-53(51)52-31-49-45-27-14-26-44-47(29-30-48(59(44)45)50(49)32-54(52)56)58-39(37-17-5-3-6-18-37)23-12-24-40(58)38-19-7-4-8-20-38/h3-34H,1-2H3. The molecule has 278 valence electrons. The molecule has 13 aromatic rings. The Bertz CT molecular complexity index is 3790. The Morgan fingerprint density at radius 3 is 1.28 bits per heavy atom. The Morgan fingerprint density at radius 1 is 0.217 bits per heavy atom. The van der Waals surface area contributed by atoms with Crippen molar-refractivity contribution in [1.82, 2.24) is 0 Å². The summed E-state index contributed by atoms with van der Waals surface area (Å²) in [5, 5.41) is 21.1. The Morgan fingerprint density at radius 2 is 0.633 bits per heavy atom. The second-order valence-electron chi connectivity index (χ2n) is 16.8. The van der Waals surface area contributed by atoms with Gasteiger partial charge in [0.25, 0.3) is 0 Å². The van der Waals surface area contributed by atoms with E-state index >= 15 is 0 Å². The molecule has 0 N–H and O–H groups in total. The first-order valence-electron chi connectivity index (χ1n) is 21.1. The molecule has 0 aliphatic heterocycles. The molecule has 0 aromatic heterocycles. The van der Waals surface area contributed by atoms with Gasteiger partial charge in [0, 0.05) is 0 Å². The third-order valence-corrected chi connectivity index (χ3v) is 13.6. The number of hydrogen-bond acceptors (Lipinski definition) is 0. The van der Waals surface area contributed by atoms with Gasteiger partial charge >= 0.3 is 0 Å². The number of fused-ring (bicyclic) bond motifs is 10. The number of rotatable bonds is 4. The van der Waals surface area contributed by atoms with Gasteiger partial charge in [0.15, 0.2) is 0 Å². The predicted octanol–water partition coefficient (Wildman–Crippen LogP) is 17.1. The molecule has 13 aromatic carbocycles. The minimum Gasteiger partial charge on any atom is -0.0622 e. The molecule has 0 atom stereocenters. The highest BCUT2D eigenvalue weighted by Gasteiger charge is 2.23. The molecule has 0 nitrogen and oxygen atoms in total. The third-order valence-electron chi connectivity index (χ3n) is 13.6. The minimum absolute atomic E-state index is 1.22. The van der Waals surface area contributed by atoms with Crippen LogP contribution in [-0.2, 0) is 0 Å². The van der Waals surface area contributed by atoms with E-state index in [0.717, 1.165) is 0 Å². The SMILES string of the molecule is Cc1cccc(C)c1-c1cc2c(cc3c4ccccc4c4cccc2c43)c2cc3c(cc12)c1ccc(-c2c(-c4ccccc4)cccc2-c2ccccc2)c2cccc3c21. The van der Waals surface area contributed by atoms with Gasteiger partial charge in [-0.25, -0.2) is 0 Å². The molecule has 0 bridgehead atoms. The summed E-state index contributed by atoms with van der Waals surface area (Å²) in [5.74, 6) is 0. The van der Waals surface area contributed by atoms with Crippen molar-refractivity contribution in [2.75, 3.05) is 0 Å². The first-order chi connectivity index (χ1) is 29.6. The van der Waals surface area contributed by atoms with Crippen LogP contribution in [0, 0.1) is 13.8 Å². The van der Waals surface area contributed by atoms with E-state index in [-0.39, 0.29) is 0 Å². The van der Waals surface area contributed by atoms with Gasteiger partial charge in [0.2, 0.25) is 0 Å². The Labute approximate surface area is 348 Å². The Hall–Kier alpha value is -7.54. The molecule has 0 amide bonds. The molecule has 60 heavy (non-hydrogen) atoms. The summed E-state index contributed by atoms with van der Waals surface area (Å²) in [7, 11) is 0. The highest BCUT2D eigenvalue weighted by atomic mass is 14.3. The van der Waals surface area contributed by atoms with Gasteiger partial charge in [0.05, 0.1) is 0 Å². The minimum atomic E-state index is 1.22. The maximum atomic E-state index is 2.54. The molecule has 0 saturated heterocycles. The summed E-state index contributed by atoms with van der Waals surface area (Å²) in [6, 6.07) is 73.0. The van der Waals surface area contributed by atoms with E-state index in [4.69, 9.17) is 0 Å². The van der Waals surface area contributed by atoms with E-state index in [9.17, 15) is 0 Å². The molecule has 0 fully saturated rings. The predicted molar refractivity (Wildman–Crippen MR) is 260 cm³/mol. The maximum Gasteiger partial charge on any atom is -0.00199 e. The molecule has 0 heteroatoms. The van der Waals surface area contributed by atoms with Crippen molar-refractivity contribution in [2.24, 2.45) is 0 Å². The lowest BCUT2D eigenvalue weighted by Crippen LogP contribution is -1.92. The van der Waals surface area contributed by atoms with Gasteiger partial charge in [0.1, 0.15) is 0 Å². The Kier molecular flexibility index (Phi) is 6.95. The second-order valence-corrected chi connectivity index (χ2v) is 16.8. The summed E-state index contributed by atoms with van der Waals surface area (Å²) < 4.78 is 0. The molecule has 0 radical (unpaired) electrons. The first kappa shape index (κ1) is 33.4. The van der Waals surface area contributed by atoms with Crippen molar-refractivity contribution in [1.29, 1.82) is 0 Å². The third kappa shape index (κ3) is 4.56. The van der Waals surface area contributed by atoms with Gasteiger partial charge in [-0.3, -0.25) is 0 Å². The van der Waals surface area contributed by atoms with Crippen LogP contribution in [-0.4, -0.2) is 0 Å². The van der Waals surface area contributed by atoms with Crippen LogP contribution in [0.15, 0.2) is 194 Å². The molecule has 0 aliphatic rings. The van der Waals surface area contributed by atoms with Crippen molar-refractivity contribution >= 4 is 86.2 Å². The van der Waals surface area contributed by atoms with Crippen molar-refractivity contribution in [2.45, 2.75) is 13.8 Å². The first-order valence-corrected chi connectivity index (χ1v) is 21.1. The van der Waals surface area contributed by atoms with E-state index in [1.54, 1.807) is 0 Å². The second kappa shape index (κ2) is 12.5. The van der Waals surface area contributed by atoms with E-state index in [2.05, 4.69) is 208 Å². The highest BCUT2D eigenvalue weighted by molar-refractivity contribution is 6.39. The number of benzene rings is 11. The molecule has 0 aliphatic carbocycles. The molecular weight excluding hydrogens is 721 g/mol. The normalized spacial score (nSPS) is 12.2. The fourth-order valence-corrected chi connectivity index (χ4v) is 11.1. The lowest BCUT2D eigenvalue weighted by molar-refractivity contribution is 1.39. The van der Waals surface area contributed by atoms with Crippen LogP contribution in [0.2, 0.25) is 0 Å². The highest BCUT2D eigenvalue weighted by Crippen LogP contribution is 2.51. The van der Waals surface area contributed by atoms with Crippen LogP contribution in [0.4, 0.5) is 0 Å². The van der Waals surface area contributed by atoms with E-state index < -0.39 is 0 Å². The van der Waals surface area contributed by atoms with Gasteiger partial charge in [-0.05, 0) is 180 Å². The van der Waals surface area contributed by atoms with Gasteiger partial charge in [-0.1, -0.05) is 170 Å². The largest absolute Gasteiger partial charge is 0.0622 e. The zero-order valence-corrected chi connectivity index (χ0v) is 33.5. The summed E-state index contributed by atoms with van der Waals surface area (Å²) in [6.45, 7) is 4.54. The molecule has 0 spiro atoms. The quantitative estimate of drug-likeness (QED) is 0.157. The Balaban J connectivity index is 1.18. The lowest BCUT2D eigenvalue weighted by Gasteiger charge is -2.18. The maximum absolute atomic E-state index is 2.54. The lowest BCUT2D eigenvalue weighted by atomic mass is 9.85. The summed E-state index contributed by atoms with van der Waals surface area (Å²) >= 11 is 0. The van der Waals surface area contributed by atoms with Crippen LogP contribution in [0.3, 0.4) is 0 Å². The van der Waals surface area contributed by atoms with Crippen molar-refractivity contribution in [3.63, 3.8) is 0 Å². The van der Waals surface area contributed by atoms with Crippen LogP contribution >= 0.6 is 0 Å². The van der Waals surface area contributed by atoms with E-state index in [0.29, 0.717) is 0 Å². The fourth-order valence-electron chi connectivity index (χ4n) is 11.1. The fraction of sp³-hybridized carbons (Fsp3) is 0.0333. The average Bonchev–Trinajstić information content (AvgIpc) is 3.79. The summed E-state index contributed by atoms with van der Waals surface area (Å²) in [4.78, 5) is 0. The zero-order valence-electron chi connectivity index (χ0n) is 33.5. The van der Waals surface area contributed by atoms with Crippen molar-refractivity contribution in [3.8, 4) is 44.5 Å². The van der Waals surface area contributed by atoms with Crippen molar-refractivity contribution in [3.05, 3.63) is 205 Å². The average molecular weight is 759 g/mol. The molecule has 0 saturated carbocycles. The summed E-state index contributed by atoms with van der Waals surface area (Å²) in [5.41, 5.74) is 12.7. The van der Waals surface area contributed by atoms with Gasteiger partial charge in [-0.15, -0.1) is 0 Å². The topological polar surface area (TPSA) is 0 Å². The molecular formula is C60H38.